The molecule has 4 aromatic rings. The van der Waals surface area contributed by atoms with Crippen LogP contribution in [0.5, 0.6) is 0 Å². The van der Waals surface area contributed by atoms with E-state index in [9.17, 15) is 40.4 Å². The summed E-state index contributed by atoms with van der Waals surface area (Å²) in [7, 11) is -1.77. The lowest BCUT2D eigenvalue weighted by Crippen LogP contribution is -2.51. The fraction of sp³-hybridized carbons (Fsp3) is 0.233. The van der Waals surface area contributed by atoms with E-state index in [-0.39, 0.29) is 51.2 Å². The standard InChI is InChI=1S/C30H27F4N3O7S/c1-5-37(45(4,41)42)22-15-23-21(24(28(39)35-2)25(44-23)16-9-11-19(31)12-10-16)14-20(22)17-7-6-8-18(13-17)27(38)36-26(29(40)43-3)30(32,33)34/h6-15,26H,5H2,1-4H3,(H,35,39)(H,36,38). The maximum Gasteiger partial charge on any atom is 0.419 e. The van der Waals surface area contributed by atoms with Crippen LogP contribution in [0, 0.1) is 5.82 Å². The van der Waals surface area contributed by atoms with E-state index < -0.39 is 45.8 Å². The predicted molar refractivity (Wildman–Crippen MR) is 158 cm³/mol. The van der Waals surface area contributed by atoms with Crippen molar-refractivity contribution in [2.24, 2.45) is 0 Å². The number of halogens is 4. The zero-order valence-electron chi connectivity index (χ0n) is 24.3. The van der Waals surface area contributed by atoms with Crippen LogP contribution >= 0.6 is 0 Å². The maximum atomic E-state index is 13.7. The average molecular weight is 650 g/mol. The van der Waals surface area contributed by atoms with E-state index in [4.69, 9.17) is 4.42 Å². The Balaban J connectivity index is 1.97. The van der Waals surface area contributed by atoms with E-state index in [0.717, 1.165) is 17.7 Å². The lowest BCUT2D eigenvalue weighted by molar-refractivity contribution is -0.180. The molecule has 4 rings (SSSR count). The Morgan fingerprint density at radius 3 is 2.22 bits per heavy atom. The van der Waals surface area contributed by atoms with Crippen molar-refractivity contribution in [2.75, 3.05) is 31.3 Å². The molecular weight excluding hydrogens is 622 g/mol. The third-order valence-electron chi connectivity index (χ3n) is 6.80. The number of sulfonamides is 1. The van der Waals surface area contributed by atoms with Crippen molar-refractivity contribution < 1.29 is 49.5 Å². The first-order valence-electron chi connectivity index (χ1n) is 13.2. The minimum atomic E-state index is -5.14. The van der Waals surface area contributed by atoms with E-state index in [1.165, 1.54) is 67.7 Å². The van der Waals surface area contributed by atoms with E-state index in [1.807, 2.05) is 0 Å². The number of benzene rings is 3. The largest absolute Gasteiger partial charge is 0.467 e. The van der Waals surface area contributed by atoms with Crippen molar-refractivity contribution >= 4 is 44.5 Å². The van der Waals surface area contributed by atoms with Gasteiger partial charge in [-0.2, -0.15) is 13.2 Å². The van der Waals surface area contributed by atoms with Crippen LogP contribution < -0.4 is 14.9 Å². The first kappa shape index (κ1) is 33.0. The van der Waals surface area contributed by atoms with Gasteiger partial charge in [-0.25, -0.2) is 17.6 Å². The summed E-state index contributed by atoms with van der Waals surface area (Å²) in [5.74, 6) is -3.99. The number of carbonyl (C=O) groups excluding carboxylic acids is 3. The number of amides is 2. The molecule has 0 saturated heterocycles. The van der Waals surface area contributed by atoms with Crippen molar-refractivity contribution in [3.63, 3.8) is 0 Å². The summed E-state index contributed by atoms with van der Waals surface area (Å²) < 4.78 is 91.0. The number of hydrogen-bond acceptors (Lipinski definition) is 7. The monoisotopic (exact) mass is 649 g/mol. The van der Waals surface area contributed by atoms with Gasteiger partial charge in [-0.15, -0.1) is 0 Å². The van der Waals surface area contributed by atoms with Crippen molar-refractivity contribution in [1.82, 2.24) is 10.6 Å². The highest BCUT2D eigenvalue weighted by Crippen LogP contribution is 2.41. The zero-order chi connectivity index (χ0) is 33.3. The summed E-state index contributed by atoms with van der Waals surface area (Å²) in [6.45, 7) is 1.53. The molecule has 0 saturated carbocycles. The molecule has 2 amide bonds. The van der Waals surface area contributed by atoms with Crippen molar-refractivity contribution in [2.45, 2.75) is 19.1 Å². The Morgan fingerprint density at radius 2 is 1.67 bits per heavy atom. The number of carbonyl (C=O) groups is 3. The number of hydrogen-bond donors (Lipinski definition) is 2. The van der Waals surface area contributed by atoms with Crippen LogP contribution in [0.15, 0.2) is 65.1 Å². The molecule has 0 spiro atoms. The molecule has 3 aromatic carbocycles. The molecule has 10 nitrogen and oxygen atoms in total. The van der Waals surface area contributed by atoms with Gasteiger partial charge in [0.25, 0.3) is 11.8 Å². The normalized spacial score (nSPS) is 12.4. The number of fused-ring (bicyclic) bond motifs is 1. The highest BCUT2D eigenvalue weighted by molar-refractivity contribution is 7.92. The number of nitrogens with zero attached hydrogens (tertiary/aromatic N) is 1. The van der Waals surface area contributed by atoms with Gasteiger partial charge in [-0.1, -0.05) is 12.1 Å². The Morgan fingerprint density at radius 1 is 1.00 bits per heavy atom. The second-order valence-corrected chi connectivity index (χ2v) is 11.6. The summed E-state index contributed by atoms with van der Waals surface area (Å²) in [6, 6.07) is 10.3. The van der Waals surface area contributed by atoms with Gasteiger partial charge in [0.05, 0.1) is 24.6 Å². The first-order chi connectivity index (χ1) is 21.1. The van der Waals surface area contributed by atoms with Crippen LogP contribution in [0.1, 0.15) is 27.6 Å². The molecule has 1 aromatic heterocycles. The summed E-state index contributed by atoms with van der Waals surface area (Å²) in [5, 5.41) is 4.37. The molecule has 15 heteroatoms. The summed E-state index contributed by atoms with van der Waals surface area (Å²) in [4.78, 5) is 37.7. The molecule has 1 unspecified atom stereocenters. The quantitative estimate of drug-likeness (QED) is 0.195. The SMILES string of the molecule is CCN(c1cc2oc(-c3ccc(F)cc3)c(C(=O)NC)c2cc1-c1cccc(C(=O)NC(C(=O)OC)C(F)(F)F)c1)S(C)(=O)=O. The molecule has 238 valence electrons. The van der Waals surface area contributed by atoms with Gasteiger partial charge in [0.15, 0.2) is 0 Å². The number of esters is 1. The first-order valence-corrected chi connectivity index (χ1v) is 15.1. The molecule has 0 fully saturated rings. The Hall–Kier alpha value is -4.92. The third kappa shape index (κ3) is 6.77. The number of nitrogens with one attached hydrogen (secondary N) is 2. The van der Waals surface area contributed by atoms with E-state index in [0.29, 0.717) is 5.56 Å². The van der Waals surface area contributed by atoms with Crippen LogP contribution in [0.25, 0.3) is 33.4 Å². The number of anilines is 1. The Kier molecular flexibility index (Phi) is 9.23. The molecule has 0 aliphatic carbocycles. The molecular formula is C30H27F4N3O7S. The van der Waals surface area contributed by atoms with Gasteiger partial charge in [0.1, 0.15) is 17.2 Å². The summed E-state index contributed by atoms with van der Waals surface area (Å²) in [6.07, 6.45) is -4.17. The molecule has 0 aliphatic rings. The van der Waals surface area contributed by atoms with Gasteiger partial charge in [0, 0.05) is 41.7 Å². The lowest BCUT2D eigenvalue weighted by atomic mass is 9.97. The number of ether oxygens (including phenoxy) is 1. The fourth-order valence-corrected chi connectivity index (χ4v) is 5.72. The maximum absolute atomic E-state index is 13.7. The average Bonchev–Trinajstić information content (AvgIpc) is 3.36. The van der Waals surface area contributed by atoms with Crippen LogP contribution in [0.4, 0.5) is 23.2 Å². The molecule has 0 bridgehead atoms. The zero-order valence-corrected chi connectivity index (χ0v) is 25.1. The van der Waals surface area contributed by atoms with E-state index in [2.05, 4.69) is 10.1 Å². The number of methoxy groups -OCH3 is 1. The Bertz CT molecular complexity index is 1890. The van der Waals surface area contributed by atoms with Gasteiger partial charge in [-0.3, -0.25) is 13.9 Å². The lowest BCUT2D eigenvalue weighted by Gasteiger charge is -2.24. The van der Waals surface area contributed by atoms with Crippen LogP contribution in [-0.2, 0) is 19.6 Å². The van der Waals surface area contributed by atoms with Crippen LogP contribution in [0.3, 0.4) is 0 Å². The molecule has 2 N–H and O–H groups in total. The van der Waals surface area contributed by atoms with Gasteiger partial charge >= 0.3 is 12.1 Å². The third-order valence-corrected chi connectivity index (χ3v) is 8.05. The van der Waals surface area contributed by atoms with Crippen LogP contribution in [0.2, 0.25) is 0 Å². The highest BCUT2D eigenvalue weighted by Gasteiger charge is 2.47. The molecule has 1 atom stereocenters. The van der Waals surface area contributed by atoms with E-state index >= 15 is 0 Å². The van der Waals surface area contributed by atoms with Crippen molar-refractivity contribution in [3.8, 4) is 22.5 Å². The Labute approximate surface area is 255 Å². The van der Waals surface area contributed by atoms with Crippen LogP contribution in [-0.4, -0.2) is 65.4 Å². The summed E-state index contributed by atoms with van der Waals surface area (Å²) >= 11 is 0. The minimum Gasteiger partial charge on any atom is -0.467 e. The molecule has 0 aliphatic heterocycles. The highest BCUT2D eigenvalue weighted by atomic mass is 32.2. The van der Waals surface area contributed by atoms with E-state index in [1.54, 1.807) is 12.2 Å². The van der Waals surface area contributed by atoms with Gasteiger partial charge in [-0.05, 0) is 55.0 Å². The number of alkyl halides is 3. The molecule has 1 heterocycles. The molecule has 0 radical (unpaired) electrons. The summed E-state index contributed by atoms with van der Waals surface area (Å²) in [5.41, 5.74) is 0.675. The smallest absolute Gasteiger partial charge is 0.419 e. The second kappa shape index (κ2) is 12.6. The van der Waals surface area contributed by atoms with Crippen molar-refractivity contribution in [3.05, 3.63) is 77.6 Å². The van der Waals surface area contributed by atoms with Gasteiger partial charge < -0.3 is 19.8 Å². The topological polar surface area (TPSA) is 135 Å². The fourth-order valence-electron chi connectivity index (χ4n) is 4.74. The number of furan rings is 1. The van der Waals surface area contributed by atoms with Crippen molar-refractivity contribution in [1.29, 1.82) is 0 Å². The molecule has 45 heavy (non-hydrogen) atoms. The number of rotatable bonds is 9. The predicted octanol–water partition coefficient (Wildman–Crippen LogP) is 4.89. The van der Waals surface area contributed by atoms with Gasteiger partial charge in [0.2, 0.25) is 16.1 Å². The second-order valence-electron chi connectivity index (χ2n) is 9.74. The minimum absolute atomic E-state index is 0.0439.